The monoisotopic (exact) mass is 1010 g/mol. The number of rotatable bonds is 35. The zero-order valence-corrected chi connectivity index (χ0v) is 42.5. The van der Waals surface area contributed by atoms with Crippen molar-refractivity contribution in [2.45, 2.75) is 160 Å². The summed E-state index contributed by atoms with van der Waals surface area (Å²) in [5.74, 6) is -6.27. The molecule has 0 unspecified atom stereocenters. The summed E-state index contributed by atoms with van der Waals surface area (Å²) in [4.78, 5) is 120. The average Bonchev–Trinajstić information content (AvgIpc) is 3.85. The first-order chi connectivity index (χ1) is 34.2. The molecule has 24 nitrogen and oxygen atoms in total. The van der Waals surface area contributed by atoms with Crippen LogP contribution in [0.2, 0.25) is 0 Å². The van der Waals surface area contributed by atoms with Gasteiger partial charge in [0.25, 0.3) is 0 Å². The molecule has 8 amide bonds. The molecule has 0 radical (unpaired) electrons. The number of imidazole rings is 1. The van der Waals surface area contributed by atoms with Gasteiger partial charge < -0.3 is 76.6 Å². The first-order valence-corrected chi connectivity index (χ1v) is 24.8. The Morgan fingerprint density at radius 3 is 1.61 bits per heavy atom. The number of carbonyl (C=O) groups excluding carboxylic acids is 8. The molecule has 0 aliphatic heterocycles. The summed E-state index contributed by atoms with van der Waals surface area (Å²) in [7, 11) is 0. The number of aromatic amines is 1. The summed E-state index contributed by atoms with van der Waals surface area (Å²) >= 11 is 0. The maximum absolute atomic E-state index is 14.3. The van der Waals surface area contributed by atoms with Gasteiger partial charge in [-0.3, -0.25) is 43.3 Å². The summed E-state index contributed by atoms with van der Waals surface area (Å²) in [5, 5.41) is 19.0. The number of carbonyl (C=O) groups is 8. The number of aromatic nitrogens is 2. The van der Waals surface area contributed by atoms with E-state index >= 15 is 0 Å². The number of nitrogens with zero attached hydrogens (tertiary/aromatic N) is 2. The second kappa shape index (κ2) is 33.1. The Hall–Kier alpha value is -6.66. The van der Waals surface area contributed by atoms with Gasteiger partial charge in [0.05, 0.1) is 12.4 Å². The molecule has 2 rings (SSSR count). The maximum Gasteiger partial charge on any atom is 0.243 e. The van der Waals surface area contributed by atoms with Gasteiger partial charge in [-0.1, -0.05) is 64.4 Å². The Labute approximate surface area is 422 Å². The number of benzene rings is 1. The van der Waals surface area contributed by atoms with E-state index in [1.54, 1.807) is 31.2 Å². The molecule has 1 aromatic carbocycles. The number of nitrogens with two attached hydrogens (primary N) is 6. The fraction of sp³-hybridized carbons (Fsp3) is 0.625. The van der Waals surface area contributed by atoms with Crippen molar-refractivity contribution < 1.29 is 38.4 Å². The van der Waals surface area contributed by atoms with E-state index in [9.17, 15) is 38.4 Å². The van der Waals surface area contributed by atoms with Crippen LogP contribution < -0.4 is 71.6 Å². The normalized spacial score (nSPS) is 14.9. The lowest BCUT2D eigenvalue weighted by atomic mass is 9.95. The third-order valence-electron chi connectivity index (χ3n) is 11.9. The van der Waals surface area contributed by atoms with Crippen LogP contribution in [-0.2, 0) is 51.2 Å². The van der Waals surface area contributed by atoms with Gasteiger partial charge in [0.2, 0.25) is 47.3 Å². The lowest BCUT2D eigenvalue weighted by Crippen LogP contribution is -2.61. The Morgan fingerprint density at radius 1 is 0.611 bits per heavy atom. The average molecular weight is 1010 g/mol. The number of aliphatic imine (C=N–C) groups is 1. The van der Waals surface area contributed by atoms with Gasteiger partial charge in [0.15, 0.2) is 5.96 Å². The molecule has 72 heavy (non-hydrogen) atoms. The van der Waals surface area contributed by atoms with Gasteiger partial charge in [-0.15, -0.1) is 0 Å². The van der Waals surface area contributed by atoms with Crippen molar-refractivity contribution in [3.8, 4) is 0 Å². The molecule has 0 aliphatic rings. The second-order valence-corrected chi connectivity index (χ2v) is 18.5. The van der Waals surface area contributed by atoms with Crippen LogP contribution >= 0.6 is 0 Å². The minimum Gasteiger partial charge on any atom is -0.370 e. The molecule has 0 aliphatic carbocycles. The molecular formula is C48H82N16O8. The third-order valence-corrected chi connectivity index (χ3v) is 11.9. The Morgan fingerprint density at radius 2 is 1.12 bits per heavy atom. The summed E-state index contributed by atoms with van der Waals surface area (Å²) in [6.07, 6.45) is 6.13. The van der Waals surface area contributed by atoms with Crippen LogP contribution in [0.4, 0.5) is 0 Å². The van der Waals surface area contributed by atoms with E-state index in [0.29, 0.717) is 50.9 Å². The highest BCUT2D eigenvalue weighted by atomic mass is 16.2. The molecule has 402 valence electrons. The highest BCUT2D eigenvalue weighted by molar-refractivity contribution is 5.97. The van der Waals surface area contributed by atoms with E-state index in [1.807, 2.05) is 26.8 Å². The smallest absolute Gasteiger partial charge is 0.243 e. The SMILES string of the molecule is CC[C@H](C)[C@H](NC(=O)[C@H](CC(C)C)NC(=O)[C@H](CCCN=C(N)N)NC(=O)[C@H](CCCCN)NC(=O)[C@H](CCCCN)NC(=O)[C@H](C)NC(=O)[C@@H](N)Cc1cnc[nH]1)C(=O)N[C@@H](Cc1ccccc1)C(N)=O. The Kier molecular flexibility index (Phi) is 28.2. The van der Waals surface area contributed by atoms with Crippen molar-refractivity contribution in [2.75, 3.05) is 19.6 Å². The topological polar surface area (TPSA) is 418 Å². The Balaban J connectivity index is 2.37. The minimum absolute atomic E-state index is 0.00537. The van der Waals surface area contributed by atoms with Crippen molar-refractivity contribution >= 4 is 53.2 Å². The molecule has 0 bridgehead atoms. The van der Waals surface area contributed by atoms with Gasteiger partial charge in [-0.05, 0) is 95.2 Å². The molecular weight excluding hydrogens is 929 g/mol. The first kappa shape index (κ1) is 61.5. The molecule has 2 aromatic rings. The van der Waals surface area contributed by atoms with E-state index < -0.39 is 102 Å². The van der Waals surface area contributed by atoms with Crippen LogP contribution in [0, 0.1) is 11.8 Å². The summed E-state index contributed by atoms with van der Waals surface area (Å²) in [6.45, 7) is 9.44. The molecule has 0 saturated heterocycles. The van der Waals surface area contributed by atoms with E-state index in [-0.39, 0.29) is 63.4 Å². The number of hydrogen-bond acceptors (Lipinski definition) is 13. The number of nitrogens with one attached hydrogen (secondary N) is 8. The van der Waals surface area contributed by atoms with Crippen LogP contribution in [-0.4, -0.2) is 131 Å². The van der Waals surface area contributed by atoms with E-state index in [0.717, 1.165) is 5.56 Å². The molecule has 9 atom stereocenters. The van der Waals surface area contributed by atoms with Crippen molar-refractivity contribution in [1.29, 1.82) is 0 Å². The van der Waals surface area contributed by atoms with Crippen molar-refractivity contribution in [1.82, 2.24) is 47.2 Å². The second-order valence-electron chi connectivity index (χ2n) is 18.5. The van der Waals surface area contributed by atoms with Gasteiger partial charge >= 0.3 is 0 Å². The highest BCUT2D eigenvalue weighted by Gasteiger charge is 2.35. The molecule has 0 fully saturated rings. The fourth-order valence-corrected chi connectivity index (χ4v) is 7.51. The first-order valence-electron chi connectivity index (χ1n) is 24.8. The molecule has 0 saturated carbocycles. The van der Waals surface area contributed by atoms with Crippen molar-refractivity contribution in [3.63, 3.8) is 0 Å². The minimum atomic E-state index is -1.28. The number of hydrogen-bond donors (Lipinski definition) is 14. The summed E-state index contributed by atoms with van der Waals surface area (Å²) in [5.41, 5.74) is 35.8. The van der Waals surface area contributed by atoms with Crippen LogP contribution in [0.25, 0.3) is 0 Å². The van der Waals surface area contributed by atoms with Crippen molar-refractivity contribution in [2.24, 2.45) is 51.2 Å². The molecule has 24 heteroatoms. The van der Waals surface area contributed by atoms with Gasteiger partial charge in [-0.2, -0.15) is 0 Å². The van der Waals surface area contributed by atoms with Gasteiger partial charge in [-0.25, -0.2) is 4.98 Å². The predicted octanol–water partition coefficient (Wildman–Crippen LogP) is -2.18. The number of primary amides is 1. The lowest BCUT2D eigenvalue weighted by Gasteiger charge is -2.30. The zero-order chi connectivity index (χ0) is 53.8. The Bertz CT molecular complexity index is 2040. The zero-order valence-electron chi connectivity index (χ0n) is 42.5. The third kappa shape index (κ3) is 23.1. The molecule has 0 spiro atoms. The van der Waals surface area contributed by atoms with Crippen LogP contribution in [0.5, 0.6) is 0 Å². The largest absolute Gasteiger partial charge is 0.370 e. The van der Waals surface area contributed by atoms with Crippen LogP contribution in [0.1, 0.15) is 110 Å². The van der Waals surface area contributed by atoms with E-state index in [2.05, 4.69) is 52.2 Å². The standard InChI is InChI=1S/C48H82N16O8/c1-6-29(4)39(47(72)62-37(40(52)65)24-31-15-8-7-9-16-31)64-46(71)38(23-28(2)3)63-45(70)36(19-14-22-56-48(53)54)61-44(69)35(18-11-13-21-50)60-43(68)34(17-10-12-20-49)59-41(66)30(5)58-42(67)33(51)25-32-26-55-27-57-32/h7-9,15-16,26-30,33-39H,6,10-14,17-25,49-51H2,1-5H3,(H2,52,65)(H,55,57)(H,58,67)(H,59,66)(H,60,68)(H,61,69)(H,62,72)(H,63,70)(H,64,71)(H4,53,54,56)/t29-,30-,33-,34-,35-,36-,37-,38-,39-/m0/s1. The van der Waals surface area contributed by atoms with E-state index in [1.165, 1.54) is 19.4 Å². The predicted molar refractivity (Wildman–Crippen MR) is 273 cm³/mol. The summed E-state index contributed by atoms with van der Waals surface area (Å²) in [6, 6.07) is -0.156. The lowest BCUT2D eigenvalue weighted by molar-refractivity contribution is -0.136. The van der Waals surface area contributed by atoms with Gasteiger partial charge in [0, 0.05) is 31.3 Å². The number of H-pyrrole nitrogens is 1. The number of amides is 8. The number of unbranched alkanes of at least 4 members (excludes halogenated alkanes) is 2. The molecule has 1 heterocycles. The fourth-order valence-electron chi connectivity index (χ4n) is 7.51. The van der Waals surface area contributed by atoms with Gasteiger partial charge in [0.1, 0.15) is 42.3 Å². The number of guanidine groups is 1. The maximum atomic E-state index is 14.3. The molecule has 20 N–H and O–H groups in total. The summed E-state index contributed by atoms with van der Waals surface area (Å²) < 4.78 is 0. The van der Waals surface area contributed by atoms with Crippen LogP contribution in [0.15, 0.2) is 47.8 Å². The van der Waals surface area contributed by atoms with Crippen molar-refractivity contribution in [3.05, 3.63) is 54.1 Å². The molecule has 1 aromatic heterocycles. The van der Waals surface area contributed by atoms with Crippen LogP contribution in [0.3, 0.4) is 0 Å². The quantitative estimate of drug-likeness (QED) is 0.0199. The highest BCUT2D eigenvalue weighted by Crippen LogP contribution is 2.14. The van der Waals surface area contributed by atoms with E-state index in [4.69, 9.17) is 34.4 Å².